The molecular weight excluding hydrogens is 234 g/mol. The minimum Gasteiger partial charge on any atom is -0.316 e. The van der Waals surface area contributed by atoms with Gasteiger partial charge in [0.25, 0.3) is 0 Å². The Kier molecular flexibility index (Phi) is 3.65. The monoisotopic (exact) mass is 255 g/mol. The van der Waals surface area contributed by atoms with Gasteiger partial charge in [-0.3, -0.25) is 0 Å². The van der Waals surface area contributed by atoms with Gasteiger partial charge in [0, 0.05) is 23.9 Å². The Morgan fingerprint density at radius 3 is 2.68 bits per heavy atom. The maximum Gasteiger partial charge on any atom is 0.0648 e. The van der Waals surface area contributed by atoms with E-state index in [0.29, 0.717) is 12.0 Å². The molecule has 0 amide bonds. The molecule has 19 heavy (non-hydrogen) atoms. The summed E-state index contributed by atoms with van der Waals surface area (Å²) in [6.07, 6.45) is 7.10. The number of hydrogen-bond donors (Lipinski definition) is 1. The van der Waals surface area contributed by atoms with Crippen LogP contribution in [0.3, 0.4) is 0 Å². The van der Waals surface area contributed by atoms with E-state index in [0.717, 1.165) is 5.69 Å². The van der Waals surface area contributed by atoms with Crippen LogP contribution in [0.4, 0.5) is 0 Å². The molecule has 100 valence electrons. The predicted octanol–water partition coefficient (Wildman–Crippen LogP) is 3.12. The van der Waals surface area contributed by atoms with Crippen LogP contribution in [-0.4, -0.2) is 22.9 Å². The minimum absolute atomic E-state index is 0.571. The van der Waals surface area contributed by atoms with E-state index in [1.165, 1.54) is 31.4 Å². The smallest absolute Gasteiger partial charge is 0.0648 e. The fraction of sp³-hybridized carbons (Fsp3) is 0.438. The summed E-state index contributed by atoms with van der Waals surface area (Å²) in [5.74, 6) is 0.571. The molecule has 0 spiro atoms. The van der Waals surface area contributed by atoms with Crippen LogP contribution < -0.4 is 5.32 Å². The van der Waals surface area contributed by atoms with Crippen molar-refractivity contribution in [1.82, 2.24) is 15.1 Å². The van der Waals surface area contributed by atoms with Crippen LogP contribution in [0.2, 0.25) is 0 Å². The molecule has 3 nitrogen and oxygen atoms in total. The number of rotatable bonds is 3. The van der Waals surface area contributed by atoms with E-state index in [-0.39, 0.29) is 0 Å². The second-order valence-electron chi connectivity index (χ2n) is 5.29. The molecule has 1 N–H and O–H groups in total. The summed E-state index contributed by atoms with van der Waals surface area (Å²) < 4.78 is 2.10. The highest BCUT2D eigenvalue weighted by molar-refractivity contribution is 5.33. The van der Waals surface area contributed by atoms with Gasteiger partial charge in [0.1, 0.15) is 0 Å². The van der Waals surface area contributed by atoms with Gasteiger partial charge >= 0.3 is 0 Å². The molecule has 0 aliphatic heterocycles. The summed E-state index contributed by atoms with van der Waals surface area (Å²) in [6, 6.07) is 13.2. The van der Waals surface area contributed by atoms with Crippen LogP contribution >= 0.6 is 0 Å². The molecule has 0 radical (unpaired) electrons. The highest BCUT2D eigenvalue weighted by atomic mass is 15.3. The SMILES string of the molecule is CNC1CCCCC1c1ccnn1-c1ccccc1. The number of para-hydroxylation sites is 1. The number of aromatic nitrogens is 2. The normalized spacial score (nSPS) is 23.4. The number of benzene rings is 1. The van der Waals surface area contributed by atoms with Crippen molar-refractivity contribution in [3.63, 3.8) is 0 Å². The minimum atomic E-state index is 0.571. The first kappa shape index (κ1) is 12.4. The predicted molar refractivity (Wildman–Crippen MR) is 77.6 cm³/mol. The molecule has 2 atom stereocenters. The maximum atomic E-state index is 4.52. The van der Waals surface area contributed by atoms with Crippen molar-refractivity contribution in [2.45, 2.75) is 37.6 Å². The van der Waals surface area contributed by atoms with Gasteiger partial charge in [0.15, 0.2) is 0 Å². The molecule has 1 heterocycles. The first-order chi connectivity index (χ1) is 9.40. The van der Waals surface area contributed by atoms with E-state index in [1.54, 1.807) is 0 Å². The van der Waals surface area contributed by atoms with Gasteiger partial charge in [-0.15, -0.1) is 0 Å². The van der Waals surface area contributed by atoms with Crippen molar-refractivity contribution in [3.05, 3.63) is 48.3 Å². The zero-order valence-electron chi connectivity index (χ0n) is 11.4. The lowest BCUT2D eigenvalue weighted by molar-refractivity contribution is 0.335. The molecule has 1 aliphatic carbocycles. The molecule has 1 saturated carbocycles. The molecule has 0 bridgehead atoms. The Morgan fingerprint density at radius 1 is 1.11 bits per heavy atom. The van der Waals surface area contributed by atoms with Gasteiger partial charge in [-0.1, -0.05) is 31.0 Å². The van der Waals surface area contributed by atoms with Gasteiger partial charge in [0.2, 0.25) is 0 Å². The molecular formula is C16H21N3. The van der Waals surface area contributed by atoms with Gasteiger partial charge < -0.3 is 5.32 Å². The lowest BCUT2D eigenvalue weighted by atomic mass is 9.82. The zero-order chi connectivity index (χ0) is 13.1. The Morgan fingerprint density at radius 2 is 1.89 bits per heavy atom. The third kappa shape index (κ3) is 2.43. The summed E-state index contributed by atoms with van der Waals surface area (Å²) in [5, 5.41) is 8.00. The summed E-state index contributed by atoms with van der Waals surface area (Å²) >= 11 is 0. The molecule has 1 aromatic heterocycles. The fourth-order valence-electron chi connectivity index (χ4n) is 3.21. The fourth-order valence-corrected chi connectivity index (χ4v) is 3.21. The lowest BCUT2D eigenvalue weighted by Crippen LogP contribution is -2.35. The van der Waals surface area contributed by atoms with E-state index in [9.17, 15) is 0 Å². The lowest BCUT2D eigenvalue weighted by Gasteiger charge is -2.31. The standard InChI is InChI=1S/C16H21N3/c1-17-15-10-6-5-9-14(15)16-11-12-18-19(16)13-7-3-2-4-8-13/h2-4,7-8,11-12,14-15,17H,5-6,9-10H2,1H3. The summed E-state index contributed by atoms with van der Waals surface area (Å²) in [6.45, 7) is 0. The first-order valence-corrected chi connectivity index (χ1v) is 7.17. The van der Waals surface area contributed by atoms with Crippen molar-refractivity contribution in [1.29, 1.82) is 0 Å². The molecule has 0 saturated heterocycles. The largest absolute Gasteiger partial charge is 0.316 e. The number of likely N-dealkylation sites (N-methyl/N-ethyl adjacent to an activating group) is 1. The third-order valence-electron chi connectivity index (χ3n) is 4.19. The van der Waals surface area contributed by atoms with Crippen LogP contribution in [0.5, 0.6) is 0 Å². The molecule has 3 heteroatoms. The van der Waals surface area contributed by atoms with E-state index in [2.05, 4.69) is 52.5 Å². The molecule has 1 aromatic carbocycles. The Hall–Kier alpha value is -1.61. The van der Waals surface area contributed by atoms with Crippen LogP contribution in [0, 0.1) is 0 Å². The highest BCUT2D eigenvalue weighted by Gasteiger charge is 2.27. The van der Waals surface area contributed by atoms with E-state index in [1.807, 2.05) is 12.3 Å². The van der Waals surface area contributed by atoms with Gasteiger partial charge in [0.05, 0.1) is 5.69 Å². The van der Waals surface area contributed by atoms with Crippen LogP contribution in [0.15, 0.2) is 42.6 Å². The van der Waals surface area contributed by atoms with E-state index in [4.69, 9.17) is 0 Å². The average Bonchev–Trinajstić information content (AvgIpc) is 2.97. The van der Waals surface area contributed by atoms with Crippen LogP contribution in [0.25, 0.3) is 5.69 Å². The summed E-state index contributed by atoms with van der Waals surface area (Å²) in [5.41, 5.74) is 2.49. The quantitative estimate of drug-likeness (QED) is 0.913. The average molecular weight is 255 g/mol. The van der Waals surface area contributed by atoms with Crippen molar-refractivity contribution in [2.75, 3.05) is 7.05 Å². The third-order valence-corrected chi connectivity index (χ3v) is 4.19. The van der Waals surface area contributed by atoms with Gasteiger partial charge in [-0.2, -0.15) is 5.10 Å². The molecule has 2 unspecified atom stereocenters. The van der Waals surface area contributed by atoms with Gasteiger partial charge in [-0.05, 0) is 38.1 Å². The van der Waals surface area contributed by atoms with E-state index >= 15 is 0 Å². The number of nitrogens with one attached hydrogen (secondary N) is 1. The molecule has 3 rings (SSSR count). The van der Waals surface area contributed by atoms with Crippen molar-refractivity contribution in [2.24, 2.45) is 0 Å². The Balaban J connectivity index is 1.95. The number of nitrogens with zero attached hydrogens (tertiary/aromatic N) is 2. The van der Waals surface area contributed by atoms with Gasteiger partial charge in [-0.25, -0.2) is 4.68 Å². The van der Waals surface area contributed by atoms with Crippen LogP contribution in [0.1, 0.15) is 37.3 Å². The summed E-state index contributed by atoms with van der Waals surface area (Å²) in [7, 11) is 2.08. The van der Waals surface area contributed by atoms with E-state index < -0.39 is 0 Å². The molecule has 1 aliphatic rings. The van der Waals surface area contributed by atoms with Crippen molar-refractivity contribution >= 4 is 0 Å². The first-order valence-electron chi connectivity index (χ1n) is 7.17. The topological polar surface area (TPSA) is 29.9 Å². The Bertz CT molecular complexity index is 518. The van der Waals surface area contributed by atoms with Crippen molar-refractivity contribution < 1.29 is 0 Å². The van der Waals surface area contributed by atoms with Crippen molar-refractivity contribution in [3.8, 4) is 5.69 Å². The second kappa shape index (κ2) is 5.57. The summed E-state index contributed by atoms with van der Waals surface area (Å²) in [4.78, 5) is 0. The molecule has 2 aromatic rings. The van der Waals surface area contributed by atoms with Crippen LogP contribution in [-0.2, 0) is 0 Å². The Labute approximate surface area is 114 Å². The maximum absolute atomic E-state index is 4.52. The number of hydrogen-bond acceptors (Lipinski definition) is 2. The molecule has 1 fully saturated rings. The highest BCUT2D eigenvalue weighted by Crippen LogP contribution is 2.33. The second-order valence-corrected chi connectivity index (χ2v) is 5.29. The zero-order valence-corrected chi connectivity index (χ0v) is 11.4.